The first-order valence-corrected chi connectivity index (χ1v) is 9.23. The summed E-state index contributed by atoms with van der Waals surface area (Å²) in [7, 11) is 0.182. The maximum Gasteiger partial charge on any atom is 0.488 e. The summed E-state index contributed by atoms with van der Waals surface area (Å²) in [6, 6.07) is 14.3. The number of amides is 1. The lowest BCUT2D eigenvalue weighted by atomic mass is 9.80. The van der Waals surface area contributed by atoms with Gasteiger partial charge in [-0.25, -0.2) is 4.79 Å². The number of carboxylic acid groups (broad SMARTS) is 1. The highest BCUT2D eigenvalue weighted by Gasteiger charge is 2.09. The molecule has 0 spiro atoms. The number of carbonyl (C=O) groups is 1. The smallest absolute Gasteiger partial charge is 0.488 e. The fourth-order valence-electron chi connectivity index (χ4n) is 2.30. The lowest BCUT2D eigenvalue weighted by molar-refractivity contribution is 0.193. The molecule has 2 aromatic carbocycles. The monoisotopic (exact) mass is 404 g/mol. The van der Waals surface area contributed by atoms with E-state index in [0.29, 0.717) is 5.46 Å². The molecule has 0 aromatic heterocycles. The van der Waals surface area contributed by atoms with Gasteiger partial charge in [-0.2, -0.15) is 0 Å². The van der Waals surface area contributed by atoms with Gasteiger partial charge in [0, 0.05) is 13.1 Å². The first kappa shape index (κ1) is 24.5. The van der Waals surface area contributed by atoms with Crippen LogP contribution in [0.2, 0.25) is 0 Å². The van der Waals surface area contributed by atoms with Crippen molar-refractivity contribution in [2.45, 2.75) is 26.0 Å². The first-order valence-electron chi connectivity index (χ1n) is 9.23. The van der Waals surface area contributed by atoms with Crippen LogP contribution in [0.1, 0.15) is 17.5 Å². The third kappa shape index (κ3) is 11.1. The summed E-state index contributed by atoms with van der Waals surface area (Å²) >= 11 is 0. The van der Waals surface area contributed by atoms with Crippen LogP contribution in [0.5, 0.6) is 5.75 Å². The second kappa shape index (κ2) is 13.6. The highest BCUT2D eigenvalue weighted by Crippen LogP contribution is 2.09. The number of nitrogens with one attached hydrogen (secondary N) is 2. The zero-order valence-corrected chi connectivity index (χ0v) is 16.7. The van der Waals surface area contributed by atoms with Gasteiger partial charge >= 0.3 is 13.2 Å². The first-order chi connectivity index (χ1) is 13.8. The number of aliphatic hydroxyl groups is 1. The van der Waals surface area contributed by atoms with Gasteiger partial charge in [0.05, 0.1) is 13.2 Å². The van der Waals surface area contributed by atoms with Gasteiger partial charge in [-0.3, -0.25) is 0 Å². The zero-order chi connectivity index (χ0) is 21.6. The minimum Gasteiger partial charge on any atom is -0.497 e. The summed E-state index contributed by atoms with van der Waals surface area (Å²) in [6.45, 7) is 4.04. The third-order valence-electron chi connectivity index (χ3n) is 4.01. The number of aliphatic hydroxyl groups excluding tert-OH is 1. The van der Waals surface area contributed by atoms with E-state index in [2.05, 4.69) is 17.6 Å². The molecule has 6 N–H and O–H groups in total. The molecule has 1 atom stereocenters. The molecule has 0 saturated carbocycles. The second-order valence-corrected chi connectivity index (χ2v) is 6.44. The maximum atomic E-state index is 10.2. The molecular weight excluding hydrogens is 375 g/mol. The molecule has 1 unspecified atom stereocenters. The molecule has 29 heavy (non-hydrogen) atoms. The molecule has 0 radical (unpaired) electrons. The normalized spacial score (nSPS) is 14.6. The van der Waals surface area contributed by atoms with Gasteiger partial charge in [0.25, 0.3) is 0 Å². The van der Waals surface area contributed by atoms with Crippen LogP contribution in [-0.4, -0.2) is 59.8 Å². The molecule has 9 heteroatoms. The molecule has 1 aliphatic heterocycles. The molecule has 158 valence electrons. The average molecular weight is 404 g/mol. The van der Waals surface area contributed by atoms with E-state index in [1.165, 1.54) is 17.7 Å². The Hall–Kier alpha value is -2.59. The molecular formula is C20H29BN2O6. The quantitative estimate of drug-likeness (QED) is 0.409. The molecule has 1 aliphatic rings. The standard InChI is InChI=1S/C8H10BNO4.C8H10O.C4H9NO/c11-8(12)10-5-6-1-3-7(4-2-6)9(13)14;1-7-3-5-8(9-2)6-4-7;6-4-1-2-5-3-4/h1-4,10,13-14H,5H2,(H,11,12);3-6H,1-2H3;4-6H,1-3H2. The Morgan fingerprint density at radius 1 is 1.17 bits per heavy atom. The Morgan fingerprint density at radius 3 is 2.17 bits per heavy atom. The highest BCUT2D eigenvalue weighted by atomic mass is 16.5. The van der Waals surface area contributed by atoms with Gasteiger partial charge in [-0.15, -0.1) is 0 Å². The van der Waals surface area contributed by atoms with E-state index in [4.69, 9.17) is 25.0 Å². The Labute approximate surface area is 171 Å². The van der Waals surface area contributed by atoms with Gasteiger partial charge < -0.3 is 35.6 Å². The maximum absolute atomic E-state index is 10.2. The van der Waals surface area contributed by atoms with Crippen LogP contribution in [0.15, 0.2) is 48.5 Å². The summed E-state index contributed by atoms with van der Waals surface area (Å²) in [5, 5.41) is 39.8. The number of ether oxygens (including phenoxy) is 1. The summed E-state index contributed by atoms with van der Waals surface area (Å²) in [6.07, 6.45) is -0.221. The number of aryl methyl sites for hydroxylation is 1. The van der Waals surface area contributed by atoms with Gasteiger partial charge in [0.1, 0.15) is 5.75 Å². The predicted octanol–water partition coefficient (Wildman–Crippen LogP) is 0.478. The molecule has 1 saturated heterocycles. The van der Waals surface area contributed by atoms with Crippen LogP contribution >= 0.6 is 0 Å². The van der Waals surface area contributed by atoms with Gasteiger partial charge in [-0.1, -0.05) is 42.0 Å². The van der Waals surface area contributed by atoms with E-state index in [0.717, 1.165) is 30.8 Å². The van der Waals surface area contributed by atoms with Crippen molar-refractivity contribution in [3.05, 3.63) is 59.7 Å². The molecule has 2 aromatic rings. The second-order valence-electron chi connectivity index (χ2n) is 6.44. The molecule has 1 heterocycles. The topological polar surface area (TPSA) is 131 Å². The van der Waals surface area contributed by atoms with Crippen molar-refractivity contribution in [1.82, 2.24) is 10.6 Å². The molecule has 1 amide bonds. The SMILES string of the molecule is COc1ccc(C)cc1.O=C(O)NCc1ccc(B(O)O)cc1.OC1CCNC1. The van der Waals surface area contributed by atoms with E-state index in [1.807, 2.05) is 24.3 Å². The Morgan fingerprint density at radius 2 is 1.79 bits per heavy atom. The van der Waals surface area contributed by atoms with E-state index >= 15 is 0 Å². The van der Waals surface area contributed by atoms with E-state index in [1.54, 1.807) is 19.2 Å². The number of hydrogen-bond acceptors (Lipinski definition) is 6. The number of benzene rings is 2. The van der Waals surface area contributed by atoms with Crippen molar-refractivity contribution < 1.29 is 29.8 Å². The van der Waals surface area contributed by atoms with E-state index < -0.39 is 13.2 Å². The van der Waals surface area contributed by atoms with Crippen molar-refractivity contribution in [3.63, 3.8) is 0 Å². The molecule has 8 nitrogen and oxygen atoms in total. The lowest BCUT2D eigenvalue weighted by Crippen LogP contribution is -2.29. The fraction of sp³-hybridized carbons (Fsp3) is 0.350. The number of methoxy groups -OCH3 is 1. The van der Waals surface area contributed by atoms with Crippen molar-refractivity contribution in [2.75, 3.05) is 20.2 Å². The van der Waals surface area contributed by atoms with Crippen molar-refractivity contribution in [3.8, 4) is 5.75 Å². The van der Waals surface area contributed by atoms with Crippen LogP contribution < -0.4 is 20.8 Å². The lowest BCUT2D eigenvalue weighted by Gasteiger charge is -2.03. The van der Waals surface area contributed by atoms with Crippen molar-refractivity contribution >= 4 is 18.7 Å². The summed E-state index contributed by atoms with van der Waals surface area (Å²) in [4.78, 5) is 10.2. The number of β-amino-alcohol motifs (C(OH)–C–C–N with tert-alkyl or cyclic N) is 1. The molecule has 0 bridgehead atoms. The van der Waals surface area contributed by atoms with Crippen LogP contribution in [0.4, 0.5) is 4.79 Å². The minimum absolute atomic E-state index is 0.0648. The Bertz CT molecular complexity index is 704. The summed E-state index contributed by atoms with van der Waals surface area (Å²) in [5.41, 5.74) is 2.40. The van der Waals surface area contributed by atoms with Crippen LogP contribution in [0.25, 0.3) is 0 Å². The Kier molecular flexibility index (Phi) is 11.4. The van der Waals surface area contributed by atoms with Gasteiger partial charge in [-0.05, 0) is 43.0 Å². The van der Waals surface area contributed by atoms with Gasteiger partial charge in [0.15, 0.2) is 0 Å². The van der Waals surface area contributed by atoms with E-state index in [-0.39, 0.29) is 12.6 Å². The minimum atomic E-state index is -1.49. The predicted molar refractivity (Wildman–Crippen MR) is 112 cm³/mol. The van der Waals surface area contributed by atoms with Crippen LogP contribution in [0.3, 0.4) is 0 Å². The van der Waals surface area contributed by atoms with Crippen molar-refractivity contribution in [1.29, 1.82) is 0 Å². The van der Waals surface area contributed by atoms with Gasteiger partial charge in [0.2, 0.25) is 0 Å². The van der Waals surface area contributed by atoms with Crippen LogP contribution in [0, 0.1) is 6.92 Å². The summed E-state index contributed by atoms with van der Waals surface area (Å²) in [5.74, 6) is 0.917. The third-order valence-corrected chi connectivity index (χ3v) is 4.01. The number of rotatable bonds is 4. The summed E-state index contributed by atoms with van der Waals surface area (Å²) < 4.78 is 4.97. The van der Waals surface area contributed by atoms with E-state index in [9.17, 15) is 4.79 Å². The van der Waals surface area contributed by atoms with Crippen molar-refractivity contribution in [2.24, 2.45) is 0 Å². The zero-order valence-electron chi connectivity index (χ0n) is 16.7. The molecule has 1 fully saturated rings. The molecule has 3 rings (SSSR count). The average Bonchev–Trinajstić information content (AvgIpc) is 3.19. The largest absolute Gasteiger partial charge is 0.497 e. The van der Waals surface area contributed by atoms with Crippen LogP contribution in [-0.2, 0) is 6.54 Å². The highest BCUT2D eigenvalue weighted by molar-refractivity contribution is 6.58. The molecule has 0 aliphatic carbocycles. The number of hydrogen-bond donors (Lipinski definition) is 6. The Balaban J connectivity index is 0.000000238. The fourth-order valence-corrected chi connectivity index (χ4v) is 2.30.